The lowest BCUT2D eigenvalue weighted by atomic mass is 9.97. The molecule has 1 aromatic heterocycles. The number of benzene rings is 1. The fraction of sp³-hybridized carbons (Fsp3) is 0.368. The minimum atomic E-state index is -0.0712. The zero-order valence-electron chi connectivity index (χ0n) is 13.2. The summed E-state index contributed by atoms with van der Waals surface area (Å²) in [4.78, 5) is 0.856. The Hall–Kier alpha value is -1.03. The van der Waals surface area contributed by atoms with E-state index in [1.807, 2.05) is 5.38 Å². The van der Waals surface area contributed by atoms with Crippen LogP contribution in [-0.2, 0) is 6.42 Å². The molecule has 1 aliphatic rings. The lowest BCUT2D eigenvalue weighted by Crippen LogP contribution is -2.12. The van der Waals surface area contributed by atoms with Gasteiger partial charge in [0, 0.05) is 20.8 Å². The van der Waals surface area contributed by atoms with E-state index in [1.54, 1.807) is 24.3 Å². The van der Waals surface area contributed by atoms with Crippen molar-refractivity contribution in [2.75, 3.05) is 6.61 Å². The monoisotopic (exact) mass is 384 g/mol. The minimum absolute atomic E-state index is 0.0712. The minimum Gasteiger partial charge on any atom is -0.493 e. The molecule has 1 aliphatic carbocycles. The van der Waals surface area contributed by atoms with Crippen molar-refractivity contribution in [2.45, 2.75) is 32.1 Å². The maximum atomic E-state index is 13.5. The molecule has 0 spiro atoms. The zero-order valence-corrected chi connectivity index (χ0v) is 15.6. The van der Waals surface area contributed by atoms with Crippen molar-refractivity contribution in [3.05, 3.63) is 62.0 Å². The number of hydrogen-bond acceptors (Lipinski definition) is 2. The van der Waals surface area contributed by atoms with Gasteiger partial charge < -0.3 is 4.74 Å². The molecule has 0 amide bonds. The Morgan fingerprint density at radius 3 is 2.67 bits per heavy atom. The van der Waals surface area contributed by atoms with Gasteiger partial charge >= 0.3 is 0 Å². The molecular weight excluding hydrogens is 366 g/mol. The molecule has 0 radical (unpaired) electrons. The number of allylic oxidation sites excluding steroid dienone is 1. The highest BCUT2D eigenvalue weighted by Crippen LogP contribution is 2.32. The largest absolute Gasteiger partial charge is 0.493 e. The normalized spacial score (nSPS) is 17.1. The van der Waals surface area contributed by atoms with E-state index in [0.29, 0.717) is 28.3 Å². The van der Waals surface area contributed by atoms with E-state index in [0.717, 1.165) is 37.0 Å². The molecule has 5 heteroatoms. The van der Waals surface area contributed by atoms with Crippen LogP contribution in [0.25, 0.3) is 0 Å². The number of thiophene rings is 1. The van der Waals surface area contributed by atoms with Gasteiger partial charge in [-0.15, -0.1) is 11.3 Å². The standard InChI is InChI=1S/C19H19Cl2FOS/c20-15-9-16(21)11-17(10-15)23-12-14-5-1-3-13(14)4-2-6-19-18(22)7-8-24-19/h3,7-11,14H,1-2,4-6,12H2/t14-/m1/s1. The lowest BCUT2D eigenvalue weighted by molar-refractivity contribution is 0.266. The molecule has 0 aliphatic heterocycles. The third-order valence-corrected chi connectivity index (χ3v) is 5.69. The molecule has 0 unspecified atom stereocenters. The van der Waals surface area contributed by atoms with E-state index in [1.165, 1.54) is 16.9 Å². The summed E-state index contributed by atoms with van der Waals surface area (Å²) in [6, 6.07) is 6.80. The average molecular weight is 385 g/mol. The summed E-state index contributed by atoms with van der Waals surface area (Å²) in [5.41, 5.74) is 1.43. The molecule has 0 bridgehead atoms. The zero-order chi connectivity index (χ0) is 16.9. The number of aryl methyl sites for hydroxylation is 1. The predicted octanol–water partition coefficient (Wildman–Crippen LogP) is 6.93. The van der Waals surface area contributed by atoms with Gasteiger partial charge in [-0.2, -0.15) is 0 Å². The van der Waals surface area contributed by atoms with E-state index in [-0.39, 0.29) is 5.82 Å². The summed E-state index contributed by atoms with van der Waals surface area (Å²) < 4.78 is 19.3. The molecule has 1 aromatic carbocycles. The summed E-state index contributed by atoms with van der Waals surface area (Å²) in [6.45, 7) is 0.635. The van der Waals surface area contributed by atoms with Gasteiger partial charge in [-0.05, 0) is 61.7 Å². The van der Waals surface area contributed by atoms with Gasteiger partial charge in [-0.3, -0.25) is 0 Å². The van der Waals surface area contributed by atoms with Crippen LogP contribution in [0.15, 0.2) is 41.3 Å². The predicted molar refractivity (Wildman–Crippen MR) is 100.0 cm³/mol. The molecule has 0 saturated carbocycles. The van der Waals surface area contributed by atoms with Crippen molar-refractivity contribution in [1.29, 1.82) is 0 Å². The smallest absolute Gasteiger partial charge is 0.137 e. The van der Waals surface area contributed by atoms with Crippen LogP contribution in [0.3, 0.4) is 0 Å². The van der Waals surface area contributed by atoms with Crippen molar-refractivity contribution in [2.24, 2.45) is 5.92 Å². The van der Waals surface area contributed by atoms with Crippen LogP contribution in [0.5, 0.6) is 5.75 Å². The van der Waals surface area contributed by atoms with E-state index >= 15 is 0 Å². The van der Waals surface area contributed by atoms with Gasteiger partial charge in [-0.25, -0.2) is 4.39 Å². The molecule has 1 atom stereocenters. The summed E-state index contributed by atoms with van der Waals surface area (Å²) in [7, 11) is 0. The van der Waals surface area contributed by atoms with E-state index in [2.05, 4.69) is 6.08 Å². The molecule has 0 fully saturated rings. The van der Waals surface area contributed by atoms with Crippen LogP contribution >= 0.6 is 34.5 Å². The maximum absolute atomic E-state index is 13.5. The topological polar surface area (TPSA) is 9.23 Å². The Bertz CT molecular complexity index is 706. The second-order valence-electron chi connectivity index (χ2n) is 6.01. The van der Waals surface area contributed by atoms with Crippen molar-refractivity contribution in [3.63, 3.8) is 0 Å². The highest BCUT2D eigenvalue weighted by atomic mass is 35.5. The Morgan fingerprint density at radius 2 is 1.96 bits per heavy atom. The highest BCUT2D eigenvalue weighted by Gasteiger charge is 2.20. The van der Waals surface area contributed by atoms with Gasteiger partial charge in [0.25, 0.3) is 0 Å². The fourth-order valence-electron chi connectivity index (χ4n) is 3.08. The molecule has 128 valence electrons. The average Bonchev–Trinajstić information content (AvgIpc) is 3.14. The van der Waals surface area contributed by atoms with Crippen LogP contribution in [0.1, 0.15) is 30.6 Å². The van der Waals surface area contributed by atoms with Crippen molar-refractivity contribution in [3.8, 4) is 5.75 Å². The fourth-order valence-corrected chi connectivity index (χ4v) is 4.38. The van der Waals surface area contributed by atoms with E-state index < -0.39 is 0 Å². The van der Waals surface area contributed by atoms with Gasteiger partial charge in [0.05, 0.1) is 6.61 Å². The van der Waals surface area contributed by atoms with Crippen molar-refractivity contribution < 1.29 is 9.13 Å². The highest BCUT2D eigenvalue weighted by molar-refractivity contribution is 7.09. The third-order valence-electron chi connectivity index (χ3n) is 4.29. The molecule has 2 aromatic rings. The molecule has 0 N–H and O–H groups in total. The lowest BCUT2D eigenvalue weighted by Gasteiger charge is -2.16. The SMILES string of the molecule is Fc1ccsc1CCCC1=CCC[C@@H]1COc1cc(Cl)cc(Cl)c1. The number of rotatable bonds is 7. The van der Waals surface area contributed by atoms with Crippen LogP contribution in [0, 0.1) is 11.7 Å². The van der Waals surface area contributed by atoms with Crippen molar-refractivity contribution in [1.82, 2.24) is 0 Å². The Morgan fingerprint density at radius 1 is 1.17 bits per heavy atom. The quantitative estimate of drug-likeness (QED) is 0.470. The number of hydrogen-bond donors (Lipinski definition) is 0. The second kappa shape index (κ2) is 8.37. The van der Waals surface area contributed by atoms with Crippen LogP contribution in [0.2, 0.25) is 10.0 Å². The Kier molecular flexibility index (Phi) is 6.20. The number of halogens is 3. The van der Waals surface area contributed by atoms with E-state index in [9.17, 15) is 4.39 Å². The third kappa shape index (κ3) is 4.75. The summed E-state index contributed by atoms with van der Waals surface area (Å²) in [5, 5.41) is 2.97. The number of ether oxygens (including phenoxy) is 1. The first-order chi connectivity index (χ1) is 11.6. The maximum Gasteiger partial charge on any atom is 0.137 e. The molecule has 0 saturated heterocycles. The van der Waals surface area contributed by atoms with Gasteiger partial charge in [-0.1, -0.05) is 34.9 Å². The van der Waals surface area contributed by atoms with Crippen LogP contribution < -0.4 is 4.74 Å². The van der Waals surface area contributed by atoms with Crippen molar-refractivity contribution >= 4 is 34.5 Å². The second-order valence-corrected chi connectivity index (χ2v) is 7.89. The summed E-state index contributed by atoms with van der Waals surface area (Å²) in [5.74, 6) is 1.06. The first-order valence-electron chi connectivity index (χ1n) is 8.11. The van der Waals surface area contributed by atoms with Gasteiger partial charge in [0.15, 0.2) is 0 Å². The molecule has 3 rings (SSSR count). The molecule has 24 heavy (non-hydrogen) atoms. The molecule has 1 nitrogen and oxygen atoms in total. The molecular formula is C19H19Cl2FOS. The van der Waals surface area contributed by atoms with Gasteiger partial charge in [0.1, 0.15) is 11.6 Å². The molecule has 1 heterocycles. The first-order valence-corrected chi connectivity index (χ1v) is 9.75. The Balaban J connectivity index is 1.49. The van der Waals surface area contributed by atoms with Gasteiger partial charge in [0.2, 0.25) is 0 Å². The Labute approximate surface area is 156 Å². The van der Waals surface area contributed by atoms with E-state index in [4.69, 9.17) is 27.9 Å². The summed E-state index contributed by atoms with van der Waals surface area (Å²) in [6.07, 6.45) is 7.29. The first kappa shape index (κ1) is 17.8. The summed E-state index contributed by atoms with van der Waals surface area (Å²) >= 11 is 13.5. The van der Waals surface area contributed by atoms with Crippen LogP contribution in [0.4, 0.5) is 4.39 Å². The van der Waals surface area contributed by atoms with Crippen LogP contribution in [-0.4, -0.2) is 6.61 Å².